The lowest BCUT2D eigenvalue weighted by atomic mass is 10.2. The average molecular weight is 356 g/mol. The Hall–Kier alpha value is -2.13. The predicted octanol–water partition coefficient (Wildman–Crippen LogP) is -0.840. The largest absolute Gasteiger partial charge is 0.390 e. The van der Waals surface area contributed by atoms with Crippen LogP contribution >= 0.6 is 11.6 Å². The number of hydrogen-bond acceptors (Lipinski definition) is 5. The molecule has 10 heteroatoms. The van der Waals surface area contributed by atoms with E-state index in [1.807, 2.05) is 0 Å². The molecule has 0 aliphatic carbocycles. The Morgan fingerprint density at radius 2 is 1.96 bits per heavy atom. The van der Waals surface area contributed by atoms with Crippen LogP contribution in [0.15, 0.2) is 9.59 Å². The van der Waals surface area contributed by atoms with Crippen molar-refractivity contribution >= 4 is 34.6 Å². The van der Waals surface area contributed by atoms with Crippen LogP contribution in [0.2, 0.25) is 0 Å². The van der Waals surface area contributed by atoms with Crippen LogP contribution in [0.25, 0.3) is 11.2 Å². The summed E-state index contributed by atoms with van der Waals surface area (Å²) < 4.78 is 3.93. The number of carbonyl (C=O) groups excluding carboxylic acids is 1. The highest BCUT2D eigenvalue weighted by Crippen LogP contribution is 2.24. The summed E-state index contributed by atoms with van der Waals surface area (Å²) in [5.41, 5.74) is -0.453. The number of rotatable bonds is 3. The molecule has 1 atom stereocenters. The quantitative estimate of drug-likeness (QED) is 0.723. The minimum absolute atomic E-state index is 0.0140. The molecule has 3 heterocycles. The molecule has 0 spiro atoms. The number of aryl methyl sites for hydroxylation is 2. The number of anilines is 1. The van der Waals surface area contributed by atoms with Crippen LogP contribution in [0.5, 0.6) is 0 Å². The van der Waals surface area contributed by atoms with Gasteiger partial charge in [0, 0.05) is 27.1 Å². The number of amides is 1. The van der Waals surface area contributed by atoms with Gasteiger partial charge in [-0.1, -0.05) is 0 Å². The number of hydrogen-bond donors (Lipinski definition) is 1. The summed E-state index contributed by atoms with van der Waals surface area (Å²) in [6.45, 7) is 0.415. The normalized spacial score (nSPS) is 16.3. The lowest BCUT2D eigenvalue weighted by Gasteiger charge is -2.22. The average Bonchev–Trinajstić information content (AvgIpc) is 2.87. The van der Waals surface area contributed by atoms with Crippen molar-refractivity contribution in [3.05, 3.63) is 20.8 Å². The van der Waals surface area contributed by atoms with Gasteiger partial charge < -0.3 is 9.67 Å². The molecule has 2 aromatic rings. The van der Waals surface area contributed by atoms with Crippen molar-refractivity contribution in [2.75, 3.05) is 17.3 Å². The summed E-state index contributed by atoms with van der Waals surface area (Å²) >= 11 is 5.64. The molecule has 0 radical (unpaired) electrons. The summed E-state index contributed by atoms with van der Waals surface area (Å²) in [5.74, 6) is 0.0366. The van der Waals surface area contributed by atoms with E-state index in [2.05, 4.69) is 4.98 Å². The van der Waals surface area contributed by atoms with Crippen LogP contribution in [-0.4, -0.2) is 48.2 Å². The van der Waals surface area contributed by atoms with Gasteiger partial charge in [0.2, 0.25) is 11.9 Å². The topological polar surface area (TPSA) is 102 Å². The fraction of sp³-hybridized carbons (Fsp3) is 0.571. The minimum atomic E-state index is -0.909. The standard InChI is InChI=1S/C14H18ClN5O4/c1-17-11-10(12(23)18(2)14(17)24)19-5-3-4-9(22)20(13(19)16-11)7-8(21)6-15/h8,21H,3-7H2,1-2H3. The van der Waals surface area contributed by atoms with Crippen LogP contribution in [0.3, 0.4) is 0 Å². The van der Waals surface area contributed by atoms with E-state index >= 15 is 0 Å². The zero-order valence-corrected chi connectivity index (χ0v) is 14.2. The van der Waals surface area contributed by atoms with Gasteiger partial charge in [0.25, 0.3) is 5.56 Å². The minimum Gasteiger partial charge on any atom is -0.390 e. The molecule has 1 unspecified atom stereocenters. The summed E-state index contributed by atoms with van der Waals surface area (Å²) in [7, 11) is 2.93. The SMILES string of the molecule is Cn1c(=O)c2c(nc3n2CCCC(=O)N3CC(O)CCl)n(C)c1=O. The molecule has 9 nitrogen and oxygen atoms in total. The smallest absolute Gasteiger partial charge is 0.332 e. The molecule has 2 aromatic heterocycles. The third-order valence-electron chi connectivity index (χ3n) is 4.21. The van der Waals surface area contributed by atoms with Crippen LogP contribution in [0.4, 0.5) is 5.95 Å². The Morgan fingerprint density at radius 3 is 2.62 bits per heavy atom. The molecule has 0 aromatic carbocycles. The molecule has 0 fully saturated rings. The Balaban J connectivity index is 2.30. The zero-order chi connectivity index (χ0) is 17.6. The molecule has 130 valence electrons. The van der Waals surface area contributed by atoms with E-state index in [1.165, 1.54) is 23.6 Å². The molecular formula is C14H18ClN5O4. The highest BCUT2D eigenvalue weighted by molar-refractivity contribution is 6.18. The van der Waals surface area contributed by atoms with Crippen molar-refractivity contribution in [1.29, 1.82) is 0 Å². The first-order chi connectivity index (χ1) is 11.4. The van der Waals surface area contributed by atoms with Gasteiger partial charge in [-0.2, -0.15) is 4.98 Å². The first-order valence-corrected chi connectivity index (χ1v) is 8.11. The van der Waals surface area contributed by atoms with E-state index in [4.69, 9.17) is 11.6 Å². The Morgan fingerprint density at radius 1 is 1.25 bits per heavy atom. The van der Waals surface area contributed by atoms with Crippen LogP contribution < -0.4 is 16.1 Å². The molecule has 1 amide bonds. The fourth-order valence-electron chi connectivity index (χ4n) is 2.93. The highest BCUT2D eigenvalue weighted by atomic mass is 35.5. The second-order valence-corrected chi connectivity index (χ2v) is 6.17. The van der Waals surface area contributed by atoms with Gasteiger partial charge in [-0.15, -0.1) is 11.6 Å². The summed E-state index contributed by atoms with van der Waals surface area (Å²) in [6.07, 6.45) is -0.0866. The van der Waals surface area contributed by atoms with Gasteiger partial charge in [0.1, 0.15) is 0 Å². The number of carbonyl (C=O) groups is 1. The first-order valence-electron chi connectivity index (χ1n) is 7.57. The maximum absolute atomic E-state index is 12.5. The number of aromatic nitrogens is 4. The number of fused-ring (bicyclic) bond motifs is 3. The molecule has 0 bridgehead atoms. The third-order valence-corrected chi connectivity index (χ3v) is 4.57. The van der Waals surface area contributed by atoms with Gasteiger partial charge >= 0.3 is 5.69 Å². The van der Waals surface area contributed by atoms with E-state index < -0.39 is 17.4 Å². The van der Waals surface area contributed by atoms with Gasteiger partial charge in [0.05, 0.1) is 18.5 Å². The number of aliphatic hydroxyl groups excluding tert-OH is 1. The van der Waals surface area contributed by atoms with E-state index in [1.54, 1.807) is 4.57 Å². The van der Waals surface area contributed by atoms with Crippen molar-refractivity contribution in [1.82, 2.24) is 18.7 Å². The Labute approximate surface area is 141 Å². The van der Waals surface area contributed by atoms with E-state index in [-0.39, 0.29) is 41.9 Å². The lowest BCUT2D eigenvalue weighted by molar-refractivity contribution is -0.118. The molecule has 0 saturated carbocycles. The maximum atomic E-state index is 12.5. The number of imidazole rings is 1. The Kier molecular flexibility index (Phi) is 4.22. The molecule has 1 aliphatic heterocycles. The molecule has 1 aliphatic rings. The monoisotopic (exact) mass is 355 g/mol. The van der Waals surface area contributed by atoms with Gasteiger partial charge in [-0.05, 0) is 6.42 Å². The summed E-state index contributed by atoms with van der Waals surface area (Å²) in [4.78, 5) is 42.7. The number of halogens is 1. The van der Waals surface area contributed by atoms with Crippen molar-refractivity contribution < 1.29 is 9.90 Å². The van der Waals surface area contributed by atoms with Crippen LogP contribution in [0.1, 0.15) is 12.8 Å². The van der Waals surface area contributed by atoms with Crippen molar-refractivity contribution in [3.63, 3.8) is 0 Å². The first kappa shape index (κ1) is 16.7. The fourth-order valence-corrected chi connectivity index (χ4v) is 3.03. The van der Waals surface area contributed by atoms with Crippen molar-refractivity contribution in [3.8, 4) is 0 Å². The van der Waals surface area contributed by atoms with Gasteiger partial charge in [0.15, 0.2) is 11.2 Å². The summed E-state index contributed by atoms with van der Waals surface area (Å²) in [5, 5.41) is 9.83. The van der Waals surface area contributed by atoms with E-state index in [9.17, 15) is 19.5 Å². The van der Waals surface area contributed by atoms with Crippen LogP contribution in [0, 0.1) is 0 Å². The zero-order valence-electron chi connectivity index (χ0n) is 13.4. The molecule has 3 rings (SSSR count). The maximum Gasteiger partial charge on any atom is 0.332 e. The van der Waals surface area contributed by atoms with E-state index in [0.29, 0.717) is 13.0 Å². The Bertz CT molecular complexity index is 928. The lowest BCUT2D eigenvalue weighted by Crippen LogP contribution is -2.39. The number of alkyl halides is 1. The van der Waals surface area contributed by atoms with Gasteiger partial charge in [-0.3, -0.25) is 23.6 Å². The highest BCUT2D eigenvalue weighted by Gasteiger charge is 2.29. The second kappa shape index (κ2) is 6.06. The molecule has 24 heavy (non-hydrogen) atoms. The number of aliphatic hydroxyl groups is 1. The van der Waals surface area contributed by atoms with Crippen molar-refractivity contribution in [2.45, 2.75) is 25.5 Å². The van der Waals surface area contributed by atoms with E-state index in [0.717, 1.165) is 4.57 Å². The van der Waals surface area contributed by atoms with Crippen LogP contribution in [-0.2, 0) is 25.4 Å². The second-order valence-electron chi connectivity index (χ2n) is 5.86. The molecule has 1 N–H and O–H groups in total. The number of nitrogens with zero attached hydrogens (tertiary/aromatic N) is 5. The van der Waals surface area contributed by atoms with Crippen molar-refractivity contribution in [2.24, 2.45) is 14.1 Å². The molecular weight excluding hydrogens is 338 g/mol. The predicted molar refractivity (Wildman–Crippen MR) is 88.5 cm³/mol. The number of β-amino-alcohol motifs (C(OH)–C–C–N with tert-alkyl or cyclic N) is 1. The van der Waals surface area contributed by atoms with Gasteiger partial charge in [-0.25, -0.2) is 4.79 Å². The molecule has 0 saturated heterocycles. The summed E-state index contributed by atoms with van der Waals surface area (Å²) in [6, 6.07) is 0. The third kappa shape index (κ3) is 2.44.